The van der Waals surface area contributed by atoms with E-state index in [-0.39, 0.29) is 6.10 Å². The van der Waals surface area contributed by atoms with E-state index in [0.717, 1.165) is 12.4 Å². The van der Waals surface area contributed by atoms with E-state index < -0.39 is 0 Å². The molecule has 0 saturated carbocycles. The minimum Gasteiger partial charge on any atom is -0.374 e. The fourth-order valence-electron chi connectivity index (χ4n) is 1.05. The van der Waals surface area contributed by atoms with Crippen LogP contribution in [0.1, 0.15) is 25.8 Å². The van der Waals surface area contributed by atoms with Gasteiger partial charge in [0.05, 0.1) is 0 Å². The summed E-state index contributed by atoms with van der Waals surface area (Å²) < 4.78 is 7.23. The topological polar surface area (TPSA) is 27.1 Å². The molecule has 1 unspecified atom stereocenters. The maximum atomic E-state index is 5.15. The van der Waals surface area contributed by atoms with Crippen LogP contribution in [0.15, 0.2) is 12.4 Å². The zero-order chi connectivity index (χ0) is 8.27. The molecule has 1 atom stereocenters. The molecule has 0 radical (unpaired) electrons. The SMILES string of the molecule is CCn1ccnc1C(C)OC. The maximum Gasteiger partial charge on any atom is 0.137 e. The van der Waals surface area contributed by atoms with E-state index in [1.54, 1.807) is 13.3 Å². The minimum atomic E-state index is 0.0879. The van der Waals surface area contributed by atoms with Crippen molar-refractivity contribution in [1.29, 1.82) is 0 Å². The van der Waals surface area contributed by atoms with Gasteiger partial charge < -0.3 is 9.30 Å². The quantitative estimate of drug-likeness (QED) is 0.661. The summed E-state index contributed by atoms with van der Waals surface area (Å²) >= 11 is 0. The van der Waals surface area contributed by atoms with Crippen LogP contribution in [0.4, 0.5) is 0 Å². The summed E-state index contributed by atoms with van der Waals surface area (Å²) in [6.45, 7) is 5.03. The molecule has 0 aliphatic carbocycles. The molecule has 1 heterocycles. The number of hydrogen-bond acceptors (Lipinski definition) is 2. The molecule has 0 aromatic carbocycles. The highest BCUT2D eigenvalue weighted by atomic mass is 16.5. The van der Waals surface area contributed by atoms with Crippen LogP contribution in [0, 0.1) is 0 Å². The van der Waals surface area contributed by atoms with E-state index in [4.69, 9.17) is 4.74 Å². The Morgan fingerprint density at radius 1 is 1.73 bits per heavy atom. The van der Waals surface area contributed by atoms with Gasteiger partial charge in [-0.2, -0.15) is 0 Å². The highest BCUT2D eigenvalue weighted by molar-refractivity contribution is 4.95. The minimum absolute atomic E-state index is 0.0879. The normalized spacial score (nSPS) is 13.4. The van der Waals surface area contributed by atoms with Crippen LogP contribution >= 0.6 is 0 Å². The molecule has 1 aromatic rings. The average molecular weight is 154 g/mol. The predicted octanol–water partition coefficient (Wildman–Crippen LogP) is 1.61. The van der Waals surface area contributed by atoms with Crippen molar-refractivity contribution in [1.82, 2.24) is 9.55 Å². The van der Waals surface area contributed by atoms with Crippen molar-refractivity contribution < 1.29 is 4.74 Å². The second-order valence-electron chi connectivity index (χ2n) is 2.45. The Balaban J connectivity index is 2.83. The third kappa shape index (κ3) is 1.60. The Morgan fingerprint density at radius 3 is 3.00 bits per heavy atom. The van der Waals surface area contributed by atoms with Gasteiger partial charge in [0.15, 0.2) is 0 Å². The summed E-state index contributed by atoms with van der Waals surface area (Å²) in [7, 11) is 1.69. The first-order chi connectivity index (χ1) is 5.29. The molecule has 62 valence electrons. The highest BCUT2D eigenvalue weighted by Crippen LogP contribution is 2.12. The van der Waals surface area contributed by atoms with Gasteiger partial charge in [0.2, 0.25) is 0 Å². The van der Waals surface area contributed by atoms with E-state index in [1.807, 2.05) is 13.1 Å². The maximum absolute atomic E-state index is 5.15. The second kappa shape index (κ2) is 3.53. The van der Waals surface area contributed by atoms with Crippen molar-refractivity contribution in [2.75, 3.05) is 7.11 Å². The van der Waals surface area contributed by atoms with E-state index >= 15 is 0 Å². The van der Waals surface area contributed by atoms with Gasteiger partial charge in [0.1, 0.15) is 11.9 Å². The molecule has 0 saturated heterocycles. The van der Waals surface area contributed by atoms with E-state index in [1.165, 1.54) is 0 Å². The van der Waals surface area contributed by atoms with Crippen molar-refractivity contribution >= 4 is 0 Å². The Morgan fingerprint density at radius 2 is 2.45 bits per heavy atom. The predicted molar refractivity (Wildman–Crippen MR) is 43.3 cm³/mol. The zero-order valence-corrected chi connectivity index (χ0v) is 7.24. The number of rotatable bonds is 3. The Labute approximate surface area is 67.0 Å². The molecule has 0 aliphatic heterocycles. The fourth-order valence-corrected chi connectivity index (χ4v) is 1.05. The monoisotopic (exact) mass is 154 g/mol. The van der Waals surface area contributed by atoms with Gasteiger partial charge in [-0.1, -0.05) is 0 Å². The van der Waals surface area contributed by atoms with Crippen LogP contribution in [0.3, 0.4) is 0 Å². The summed E-state index contributed by atoms with van der Waals surface area (Å²) in [5, 5.41) is 0. The van der Waals surface area contributed by atoms with Gasteiger partial charge in [0, 0.05) is 26.0 Å². The smallest absolute Gasteiger partial charge is 0.137 e. The molecule has 1 aromatic heterocycles. The molecule has 0 spiro atoms. The number of hydrogen-bond donors (Lipinski definition) is 0. The molecule has 3 nitrogen and oxygen atoms in total. The fraction of sp³-hybridized carbons (Fsp3) is 0.625. The Bertz CT molecular complexity index is 220. The lowest BCUT2D eigenvalue weighted by atomic mass is 10.4. The van der Waals surface area contributed by atoms with Gasteiger partial charge in [-0.15, -0.1) is 0 Å². The van der Waals surface area contributed by atoms with E-state index in [9.17, 15) is 0 Å². The van der Waals surface area contributed by atoms with Crippen LogP contribution < -0.4 is 0 Å². The van der Waals surface area contributed by atoms with Crippen LogP contribution in [0.5, 0.6) is 0 Å². The zero-order valence-electron chi connectivity index (χ0n) is 7.24. The molecule has 11 heavy (non-hydrogen) atoms. The third-order valence-electron chi connectivity index (χ3n) is 1.81. The second-order valence-corrected chi connectivity index (χ2v) is 2.45. The molecular formula is C8H14N2O. The summed E-state index contributed by atoms with van der Waals surface area (Å²) in [5.41, 5.74) is 0. The largest absolute Gasteiger partial charge is 0.374 e. The van der Waals surface area contributed by atoms with Gasteiger partial charge in [0.25, 0.3) is 0 Å². The van der Waals surface area contributed by atoms with Crippen molar-refractivity contribution in [3.63, 3.8) is 0 Å². The Kier molecular flexibility index (Phi) is 2.65. The lowest BCUT2D eigenvalue weighted by molar-refractivity contribution is 0.109. The van der Waals surface area contributed by atoms with Gasteiger partial charge in [-0.05, 0) is 13.8 Å². The molecule has 0 bridgehead atoms. The van der Waals surface area contributed by atoms with Crippen molar-refractivity contribution in [2.45, 2.75) is 26.5 Å². The number of aromatic nitrogens is 2. The molecule has 0 aliphatic rings. The first kappa shape index (κ1) is 8.27. The van der Waals surface area contributed by atoms with Crippen LogP contribution in [0.2, 0.25) is 0 Å². The van der Waals surface area contributed by atoms with E-state index in [0.29, 0.717) is 0 Å². The molecule has 0 N–H and O–H groups in total. The van der Waals surface area contributed by atoms with Gasteiger partial charge in [-0.3, -0.25) is 0 Å². The van der Waals surface area contributed by atoms with Crippen LogP contribution in [-0.2, 0) is 11.3 Å². The number of aryl methyl sites for hydroxylation is 1. The molecule has 1 rings (SSSR count). The third-order valence-corrected chi connectivity index (χ3v) is 1.81. The number of nitrogens with zero attached hydrogens (tertiary/aromatic N) is 2. The molecule has 0 amide bonds. The summed E-state index contributed by atoms with van der Waals surface area (Å²) in [6.07, 6.45) is 3.85. The van der Waals surface area contributed by atoms with E-state index in [2.05, 4.69) is 16.5 Å². The Hall–Kier alpha value is -0.830. The van der Waals surface area contributed by atoms with Crippen LogP contribution in [-0.4, -0.2) is 16.7 Å². The number of imidazole rings is 1. The number of methoxy groups -OCH3 is 1. The lowest BCUT2D eigenvalue weighted by Gasteiger charge is -2.10. The van der Waals surface area contributed by atoms with Crippen molar-refractivity contribution in [3.8, 4) is 0 Å². The van der Waals surface area contributed by atoms with Crippen molar-refractivity contribution in [2.24, 2.45) is 0 Å². The summed E-state index contributed by atoms with van der Waals surface area (Å²) in [5.74, 6) is 0.995. The number of ether oxygens (including phenoxy) is 1. The molecule has 3 heteroatoms. The first-order valence-corrected chi connectivity index (χ1v) is 3.83. The lowest BCUT2D eigenvalue weighted by Crippen LogP contribution is -2.06. The van der Waals surface area contributed by atoms with Gasteiger partial charge in [-0.25, -0.2) is 4.98 Å². The van der Waals surface area contributed by atoms with Gasteiger partial charge >= 0.3 is 0 Å². The highest BCUT2D eigenvalue weighted by Gasteiger charge is 2.08. The summed E-state index contributed by atoms with van der Waals surface area (Å²) in [6, 6.07) is 0. The summed E-state index contributed by atoms with van der Waals surface area (Å²) in [4.78, 5) is 4.20. The first-order valence-electron chi connectivity index (χ1n) is 3.83. The molecule has 0 fully saturated rings. The standard InChI is InChI=1S/C8H14N2O/c1-4-10-6-5-9-8(10)7(2)11-3/h5-7H,4H2,1-3H3. The van der Waals surface area contributed by atoms with Crippen LogP contribution in [0.25, 0.3) is 0 Å². The van der Waals surface area contributed by atoms with Crippen molar-refractivity contribution in [3.05, 3.63) is 18.2 Å². The average Bonchev–Trinajstić information content (AvgIpc) is 2.50. The molecular weight excluding hydrogens is 140 g/mol.